The van der Waals surface area contributed by atoms with Gasteiger partial charge >= 0.3 is 51.4 Å². The van der Waals surface area contributed by atoms with Crippen molar-refractivity contribution >= 4 is 22.2 Å². The summed E-state index contributed by atoms with van der Waals surface area (Å²) in [6.45, 7) is 10.1. The van der Waals surface area contributed by atoms with E-state index in [2.05, 4.69) is 44.7 Å². The number of aliphatic hydroxyl groups is 1. The minimum atomic E-state index is -3.20. The van der Waals surface area contributed by atoms with E-state index in [1.807, 2.05) is 12.4 Å². The van der Waals surface area contributed by atoms with Gasteiger partial charge in [-0.25, -0.2) is 8.42 Å². The molecule has 7 heteroatoms. The summed E-state index contributed by atoms with van der Waals surface area (Å²) in [6, 6.07) is 13.7. The van der Waals surface area contributed by atoms with Gasteiger partial charge in [-0.2, -0.15) is 12.1 Å². The SMILES string of the molecule is C=Cc1ccc(C)cc1C.CCOc1c[c-]ccc1S(C)(=O)=O.O=[C-]C(CO)C1CC1.[K+]. The third kappa shape index (κ3) is 11.4. The Morgan fingerprint density at radius 3 is 2.38 bits per heavy atom. The Balaban J connectivity index is 0.000000456. The summed E-state index contributed by atoms with van der Waals surface area (Å²) < 4.78 is 27.6. The van der Waals surface area contributed by atoms with Crippen molar-refractivity contribution in [2.75, 3.05) is 19.5 Å². The summed E-state index contributed by atoms with van der Waals surface area (Å²) in [7, 11) is -3.20. The molecule has 170 valence electrons. The number of carbonyl (C=O) groups excluding carboxylic acids is 1. The van der Waals surface area contributed by atoms with E-state index < -0.39 is 9.84 Å². The number of rotatable bonds is 7. The molecule has 0 amide bonds. The van der Waals surface area contributed by atoms with Gasteiger partial charge in [-0.15, -0.1) is 18.1 Å². The van der Waals surface area contributed by atoms with Crippen LogP contribution in [0.15, 0.2) is 47.9 Å². The van der Waals surface area contributed by atoms with Crippen molar-refractivity contribution in [2.45, 2.75) is 38.5 Å². The molecule has 1 aliphatic carbocycles. The molecule has 32 heavy (non-hydrogen) atoms. The first-order valence-corrected chi connectivity index (χ1v) is 12.1. The van der Waals surface area contributed by atoms with Crippen LogP contribution in [0.4, 0.5) is 0 Å². The van der Waals surface area contributed by atoms with Gasteiger partial charge in [-0.05, 0) is 36.8 Å². The van der Waals surface area contributed by atoms with Crippen LogP contribution >= 0.6 is 0 Å². The van der Waals surface area contributed by atoms with Crippen LogP contribution in [0.25, 0.3) is 6.08 Å². The van der Waals surface area contributed by atoms with Crippen LogP contribution in [-0.2, 0) is 14.6 Å². The minimum absolute atomic E-state index is 0. The molecule has 5 nitrogen and oxygen atoms in total. The smallest absolute Gasteiger partial charge is 0.550 e. The number of hydrogen-bond acceptors (Lipinski definition) is 5. The molecule has 0 aromatic heterocycles. The molecule has 0 aliphatic heterocycles. The van der Waals surface area contributed by atoms with E-state index in [1.165, 1.54) is 28.8 Å². The van der Waals surface area contributed by atoms with Gasteiger partial charge < -0.3 is 14.6 Å². The average molecular weight is 484 g/mol. The number of sulfone groups is 1. The van der Waals surface area contributed by atoms with Crippen molar-refractivity contribution in [1.29, 1.82) is 0 Å². The minimum Gasteiger partial charge on any atom is -0.550 e. The van der Waals surface area contributed by atoms with Crippen LogP contribution in [0, 0.1) is 31.7 Å². The van der Waals surface area contributed by atoms with Crippen molar-refractivity contribution in [3.8, 4) is 5.75 Å². The maximum atomic E-state index is 11.2. The van der Waals surface area contributed by atoms with Crippen molar-refractivity contribution in [1.82, 2.24) is 0 Å². The summed E-state index contributed by atoms with van der Waals surface area (Å²) in [5.74, 6) is 0.639. The zero-order valence-electron chi connectivity index (χ0n) is 19.7. The second kappa shape index (κ2) is 15.9. The molecule has 1 fully saturated rings. The standard InChI is InChI=1S/C10H12.C9H11O3S.C6H9O2.K/c1-4-10-6-5-8(2)7-9(10)3;1-3-12-8-6-4-5-7-9(8)13(2,10)11;7-3-6(4-8)5-1-2-5;/h4-7H,1H2,2-3H3;5-7H,3H2,1-2H3;5-7H,1-3H2;/q;2*-1;+1. The molecule has 0 spiro atoms. The molecule has 1 aliphatic rings. The van der Waals surface area contributed by atoms with Crippen LogP contribution < -0.4 is 56.1 Å². The monoisotopic (exact) mass is 483 g/mol. The van der Waals surface area contributed by atoms with Crippen molar-refractivity contribution in [2.24, 2.45) is 11.8 Å². The van der Waals surface area contributed by atoms with Crippen molar-refractivity contribution < 1.29 is 74.4 Å². The first-order chi connectivity index (χ1) is 14.7. The van der Waals surface area contributed by atoms with Crippen LogP contribution in [0.2, 0.25) is 0 Å². The van der Waals surface area contributed by atoms with Crippen LogP contribution in [0.3, 0.4) is 0 Å². The topological polar surface area (TPSA) is 80.7 Å². The van der Waals surface area contributed by atoms with Gasteiger partial charge in [0.05, 0.1) is 6.61 Å². The largest absolute Gasteiger partial charge is 1.00 e. The Labute approximate surface area is 235 Å². The first-order valence-electron chi connectivity index (χ1n) is 10.2. The third-order valence-electron chi connectivity index (χ3n) is 4.67. The molecular weight excluding hydrogens is 451 g/mol. The van der Waals surface area contributed by atoms with E-state index in [9.17, 15) is 13.2 Å². The Hall–Kier alpha value is -0.804. The van der Waals surface area contributed by atoms with Gasteiger partial charge in [0, 0.05) is 18.6 Å². The predicted molar refractivity (Wildman–Crippen MR) is 125 cm³/mol. The summed E-state index contributed by atoms with van der Waals surface area (Å²) in [6.07, 6.45) is 7.05. The number of aryl methyl sites for hydroxylation is 2. The molecule has 0 saturated heterocycles. The van der Waals surface area contributed by atoms with Crippen LogP contribution in [0.5, 0.6) is 5.75 Å². The molecular formula is C25H32KO5S-. The van der Waals surface area contributed by atoms with E-state index in [0.717, 1.165) is 19.1 Å². The third-order valence-corrected chi connectivity index (χ3v) is 5.81. The molecule has 3 rings (SSSR count). The van der Waals surface area contributed by atoms with E-state index >= 15 is 0 Å². The molecule has 0 bridgehead atoms. The Morgan fingerprint density at radius 1 is 1.31 bits per heavy atom. The summed E-state index contributed by atoms with van der Waals surface area (Å²) in [4.78, 5) is 10.1. The molecule has 1 N–H and O–H groups in total. The normalized spacial score (nSPS) is 13.2. The second-order valence-corrected chi connectivity index (χ2v) is 9.37. The molecule has 0 radical (unpaired) electrons. The maximum absolute atomic E-state index is 11.2. The van der Waals surface area contributed by atoms with Gasteiger partial charge in [0.1, 0.15) is 0 Å². The molecule has 1 atom stereocenters. The van der Waals surface area contributed by atoms with Gasteiger partial charge in [0.25, 0.3) is 0 Å². The van der Waals surface area contributed by atoms with E-state index in [4.69, 9.17) is 9.84 Å². The van der Waals surface area contributed by atoms with Gasteiger partial charge in [0.15, 0.2) is 9.84 Å². The molecule has 2 aromatic rings. The van der Waals surface area contributed by atoms with Crippen LogP contribution in [0.1, 0.15) is 36.5 Å². The number of benzene rings is 2. The molecule has 1 unspecified atom stereocenters. The maximum Gasteiger partial charge on any atom is 1.00 e. The van der Waals surface area contributed by atoms with E-state index in [0.29, 0.717) is 18.3 Å². The fraction of sp³-hybridized carbons (Fsp3) is 0.400. The summed E-state index contributed by atoms with van der Waals surface area (Å²) in [5, 5.41) is 8.47. The quantitative estimate of drug-likeness (QED) is 0.475. The van der Waals surface area contributed by atoms with Gasteiger partial charge in [-0.3, -0.25) is 6.29 Å². The first kappa shape index (κ1) is 31.2. The van der Waals surface area contributed by atoms with Crippen molar-refractivity contribution in [3.05, 3.63) is 65.7 Å². The fourth-order valence-corrected chi connectivity index (χ4v) is 3.61. The van der Waals surface area contributed by atoms with Gasteiger partial charge in [0.2, 0.25) is 0 Å². The summed E-state index contributed by atoms with van der Waals surface area (Å²) >= 11 is 0. The molecule has 2 aromatic carbocycles. The zero-order valence-corrected chi connectivity index (χ0v) is 23.7. The number of hydrogen-bond donors (Lipinski definition) is 1. The van der Waals surface area contributed by atoms with Crippen LogP contribution in [-0.4, -0.2) is 39.3 Å². The average Bonchev–Trinajstić information content (AvgIpc) is 3.55. The van der Waals surface area contributed by atoms with E-state index in [-0.39, 0.29) is 68.8 Å². The van der Waals surface area contributed by atoms with E-state index in [1.54, 1.807) is 13.0 Å². The van der Waals surface area contributed by atoms with Gasteiger partial charge in [-0.1, -0.05) is 55.2 Å². The number of ether oxygens (including phenoxy) is 1. The predicted octanol–water partition coefficient (Wildman–Crippen LogP) is 1.35. The Kier molecular flexibility index (Phi) is 15.5. The number of aliphatic hydroxyl groups excluding tert-OH is 1. The molecule has 1 saturated carbocycles. The Bertz CT molecular complexity index is 953. The van der Waals surface area contributed by atoms with Crippen molar-refractivity contribution in [3.63, 3.8) is 0 Å². The summed E-state index contributed by atoms with van der Waals surface area (Å²) in [5.41, 5.74) is 3.84. The fourth-order valence-electron chi connectivity index (χ4n) is 2.81. The Morgan fingerprint density at radius 2 is 1.97 bits per heavy atom. The zero-order chi connectivity index (χ0) is 23.4. The molecule has 0 heterocycles. The second-order valence-electron chi connectivity index (χ2n) is 7.39.